The second-order valence-corrected chi connectivity index (χ2v) is 8.74. The van der Waals surface area contributed by atoms with Crippen LogP contribution in [0.5, 0.6) is 0 Å². The lowest BCUT2D eigenvalue weighted by Crippen LogP contribution is -2.39. The molecule has 1 heterocycles. The molecule has 1 aliphatic rings. The summed E-state index contributed by atoms with van der Waals surface area (Å²) < 4.78 is 38.3. The van der Waals surface area contributed by atoms with Gasteiger partial charge in [0, 0.05) is 24.7 Å². The number of carbonyl (C=O) groups excluding carboxylic acids is 1. The molecule has 1 unspecified atom stereocenters. The van der Waals surface area contributed by atoms with Crippen LogP contribution in [-0.4, -0.2) is 37.7 Å². The van der Waals surface area contributed by atoms with Gasteiger partial charge < -0.3 is 10.2 Å². The van der Waals surface area contributed by atoms with Crippen molar-refractivity contribution in [3.8, 4) is 0 Å². The van der Waals surface area contributed by atoms with Crippen molar-refractivity contribution in [3.05, 3.63) is 64.9 Å². The molecular formula is C18H18ClFN2O3S. The highest BCUT2D eigenvalue weighted by molar-refractivity contribution is 7.92. The molecule has 5 nitrogen and oxygen atoms in total. The van der Waals surface area contributed by atoms with Gasteiger partial charge in [-0.2, -0.15) is 0 Å². The van der Waals surface area contributed by atoms with Gasteiger partial charge in [0.1, 0.15) is 5.82 Å². The van der Waals surface area contributed by atoms with E-state index in [0.29, 0.717) is 18.5 Å². The number of hydrogen-bond acceptors (Lipinski definition) is 3. The number of rotatable bonds is 4. The van der Waals surface area contributed by atoms with Gasteiger partial charge in [0.05, 0.1) is 10.1 Å². The lowest BCUT2D eigenvalue weighted by Gasteiger charge is -2.18. The first-order chi connectivity index (χ1) is 12.4. The summed E-state index contributed by atoms with van der Waals surface area (Å²) in [6.45, 7) is 0.643. The lowest BCUT2D eigenvalue weighted by atomic mass is 10.2. The second kappa shape index (κ2) is 7.63. The summed E-state index contributed by atoms with van der Waals surface area (Å²) in [4.78, 5) is 14.1. The van der Waals surface area contributed by atoms with Gasteiger partial charge in [0.15, 0.2) is 9.84 Å². The Hall–Kier alpha value is -2.12. The van der Waals surface area contributed by atoms with Crippen LogP contribution >= 0.6 is 11.6 Å². The molecule has 0 aromatic heterocycles. The quantitative estimate of drug-likeness (QED) is 0.862. The molecule has 0 spiro atoms. The van der Waals surface area contributed by atoms with Gasteiger partial charge in [-0.25, -0.2) is 17.6 Å². The highest BCUT2D eigenvalue weighted by Gasteiger charge is 2.36. The van der Waals surface area contributed by atoms with Gasteiger partial charge in [-0.3, -0.25) is 0 Å². The maximum Gasteiger partial charge on any atom is 0.317 e. The molecule has 2 aromatic rings. The molecule has 138 valence electrons. The number of nitrogens with one attached hydrogen (secondary N) is 1. The Bertz CT molecular complexity index is 906. The van der Waals surface area contributed by atoms with Crippen LogP contribution in [0.4, 0.5) is 9.18 Å². The van der Waals surface area contributed by atoms with Crippen molar-refractivity contribution in [2.45, 2.75) is 23.1 Å². The van der Waals surface area contributed by atoms with Crippen LogP contribution in [0.3, 0.4) is 0 Å². The third-order valence-corrected chi connectivity index (χ3v) is 6.93. The zero-order chi connectivity index (χ0) is 18.7. The summed E-state index contributed by atoms with van der Waals surface area (Å²) in [6, 6.07) is 11.8. The molecule has 1 saturated heterocycles. The first-order valence-electron chi connectivity index (χ1n) is 8.13. The number of hydrogen-bond donors (Lipinski definition) is 1. The van der Waals surface area contributed by atoms with Gasteiger partial charge in [0.25, 0.3) is 0 Å². The van der Waals surface area contributed by atoms with E-state index in [9.17, 15) is 17.6 Å². The van der Waals surface area contributed by atoms with Crippen molar-refractivity contribution in [3.63, 3.8) is 0 Å². The molecule has 0 bridgehead atoms. The third-order valence-electron chi connectivity index (χ3n) is 4.39. The summed E-state index contributed by atoms with van der Waals surface area (Å²) in [6.07, 6.45) is 0.391. The lowest BCUT2D eigenvalue weighted by molar-refractivity contribution is 0.208. The number of nitrogens with zero attached hydrogens (tertiary/aromatic N) is 1. The Morgan fingerprint density at radius 3 is 2.65 bits per heavy atom. The molecule has 1 atom stereocenters. The predicted molar refractivity (Wildman–Crippen MR) is 97.3 cm³/mol. The normalized spacial score (nSPS) is 17.3. The minimum atomic E-state index is -3.47. The smallest absolute Gasteiger partial charge is 0.317 e. The fourth-order valence-corrected chi connectivity index (χ4v) is 4.86. The summed E-state index contributed by atoms with van der Waals surface area (Å²) in [5.41, 5.74) is 0.592. The number of likely N-dealkylation sites (tertiary alicyclic amines) is 1. The van der Waals surface area contributed by atoms with Crippen molar-refractivity contribution in [1.29, 1.82) is 0 Å². The first kappa shape index (κ1) is 18.7. The zero-order valence-electron chi connectivity index (χ0n) is 13.9. The number of urea groups is 1. The number of benzene rings is 2. The highest BCUT2D eigenvalue weighted by Crippen LogP contribution is 2.24. The molecule has 0 aliphatic carbocycles. The van der Waals surface area contributed by atoms with E-state index < -0.39 is 20.9 Å². The van der Waals surface area contributed by atoms with Crippen molar-refractivity contribution >= 4 is 27.5 Å². The monoisotopic (exact) mass is 396 g/mol. The Labute approximate surface area is 156 Å². The van der Waals surface area contributed by atoms with Crippen molar-refractivity contribution < 1.29 is 17.6 Å². The maximum absolute atomic E-state index is 13.0. The standard InChI is InChI=1S/C18H18ClFN2O3S/c19-17-10-14(20)7-6-13(17)11-21-18(23)22-9-8-16(12-22)26(24,25)15-4-2-1-3-5-15/h1-7,10,16H,8-9,11-12H2,(H,21,23). The molecule has 3 rings (SSSR count). The third kappa shape index (κ3) is 3.99. The van der Waals surface area contributed by atoms with E-state index in [-0.39, 0.29) is 29.0 Å². The minimum absolute atomic E-state index is 0.139. The number of sulfone groups is 1. The maximum atomic E-state index is 13.0. The van der Waals surface area contributed by atoms with E-state index >= 15 is 0 Å². The van der Waals surface area contributed by atoms with Crippen LogP contribution in [0.15, 0.2) is 53.4 Å². The Balaban J connectivity index is 1.61. The minimum Gasteiger partial charge on any atom is -0.334 e. The molecule has 0 radical (unpaired) electrons. The summed E-state index contributed by atoms with van der Waals surface area (Å²) in [5.74, 6) is -0.446. The Morgan fingerprint density at radius 2 is 1.96 bits per heavy atom. The second-order valence-electron chi connectivity index (χ2n) is 6.11. The van der Waals surface area contributed by atoms with Crippen LogP contribution in [-0.2, 0) is 16.4 Å². The first-order valence-corrected chi connectivity index (χ1v) is 10.1. The van der Waals surface area contributed by atoms with Gasteiger partial charge in [-0.05, 0) is 36.2 Å². The van der Waals surface area contributed by atoms with E-state index in [0.717, 1.165) is 0 Å². The predicted octanol–water partition coefficient (Wildman–Crippen LogP) is 3.24. The highest BCUT2D eigenvalue weighted by atomic mass is 35.5. The average molecular weight is 397 g/mol. The van der Waals surface area contributed by atoms with Crippen LogP contribution in [0, 0.1) is 5.82 Å². The molecule has 1 aliphatic heterocycles. The molecule has 2 amide bonds. The fourth-order valence-electron chi connectivity index (χ4n) is 2.92. The number of amides is 2. The SMILES string of the molecule is O=C(NCc1ccc(F)cc1Cl)N1CCC(S(=O)(=O)c2ccccc2)C1. The zero-order valence-corrected chi connectivity index (χ0v) is 15.4. The molecular weight excluding hydrogens is 379 g/mol. The van der Waals surface area contributed by atoms with Gasteiger partial charge in [-0.1, -0.05) is 35.9 Å². The van der Waals surface area contributed by atoms with Crippen molar-refractivity contribution in [1.82, 2.24) is 10.2 Å². The van der Waals surface area contributed by atoms with Crippen LogP contribution in [0.1, 0.15) is 12.0 Å². The van der Waals surface area contributed by atoms with Gasteiger partial charge in [-0.15, -0.1) is 0 Å². The van der Waals surface area contributed by atoms with Crippen molar-refractivity contribution in [2.75, 3.05) is 13.1 Å². The Morgan fingerprint density at radius 1 is 1.23 bits per heavy atom. The Kier molecular flexibility index (Phi) is 5.48. The summed E-state index contributed by atoms with van der Waals surface area (Å²) in [7, 11) is -3.47. The number of halogens is 2. The molecule has 0 saturated carbocycles. The van der Waals surface area contributed by atoms with Gasteiger partial charge >= 0.3 is 6.03 Å². The van der Waals surface area contributed by atoms with E-state index in [1.54, 1.807) is 30.3 Å². The summed E-state index contributed by atoms with van der Waals surface area (Å²) in [5, 5.41) is 2.31. The molecule has 26 heavy (non-hydrogen) atoms. The molecule has 8 heteroatoms. The van der Waals surface area contributed by atoms with Gasteiger partial charge in [0.2, 0.25) is 0 Å². The van der Waals surface area contributed by atoms with Crippen molar-refractivity contribution in [2.24, 2.45) is 0 Å². The average Bonchev–Trinajstić information content (AvgIpc) is 3.12. The molecule has 2 aromatic carbocycles. The van der Waals surface area contributed by atoms with E-state index in [2.05, 4.69) is 5.32 Å². The van der Waals surface area contributed by atoms with E-state index in [4.69, 9.17) is 11.6 Å². The van der Waals surface area contributed by atoms with Crippen LogP contribution in [0.2, 0.25) is 5.02 Å². The molecule has 1 fully saturated rings. The van der Waals surface area contributed by atoms with Crippen LogP contribution < -0.4 is 5.32 Å². The molecule has 1 N–H and O–H groups in total. The largest absolute Gasteiger partial charge is 0.334 e. The topological polar surface area (TPSA) is 66.5 Å². The summed E-state index contributed by atoms with van der Waals surface area (Å²) >= 11 is 5.94. The van der Waals surface area contributed by atoms with E-state index in [1.165, 1.54) is 23.1 Å². The number of carbonyl (C=O) groups is 1. The van der Waals surface area contributed by atoms with Crippen LogP contribution in [0.25, 0.3) is 0 Å². The fraction of sp³-hybridized carbons (Fsp3) is 0.278. The van der Waals surface area contributed by atoms with E-state index in [1.807, 2.05) is 0 Å².